The summed E-state index contributed by atoms with van der Waals surface area (Å²) in [5.41, 5.74) is 4.35. The highest BCUT2D eigenvalue weighted by Crippen LogP contribution is 2.44. The van der Waals surface area contributed by atoms with Crippen molar-refractivity contribution in [3.63, 3.8) is 0 Å². The van der Waals surface area contributed by atoms with Gasteiger partial charge in [0.15, 0.2) is 0 Å². The first-order valence-electron chi connectivity index (χ1n) is 11.8. The number of carboxylic acids is 1. The van der Waals surface area contributed by atoms with Crippen molar-refractivity contribution in [3.8, 4) is 11.1 Å². The zero-order valence-electron chi connectivity index (χ0n) is 18.7. The van der Waals surface area contributed by atoms with Crippen molar-refractivity contribution in [1.29, 1.82) is 0 Å². The monoisotopic (exact) mass is 464 g/mol. The third kappa shape index (κ3) is 4.14. The van der Waals surface area contributed by atoms with Crippen molar-refractivity contribution >= 4 is 18.0 Å². The molecule has 2 aromatic carbocycles. The molecule has 2 amide bonds. The van der Waals surface area contributed by atoms with Gasteiger partial charge in [0.25, 0.3) is 0 Å². The molecule has 2 bridgehead atoms. The molecule has 3 unspecified atom stereocenters. The van der Waals surface area contributed by atoms with E-state index in [0.29, 0.717) is 12.8 Å². The summed E-state index contributed by atoms with van der Waals surface area (Å²) < 4.78 is 5.52. The highest BCUT2D eigenvalue weighted by molar-refractivity contribution is 5.90. The second-order valence-corrected chi connectivity index (χ2v) is 9.38. The first kappa shape index (κ1) is 22.4. The Morgan fingerprint density at radius 1 is 0.971 bits per heavy atom. The lowest BCUT2D eigenvalue weighted by molar-refractivity contribution is -0.145. The number of hydrogen-bond acceptors (Lipinski definition) is 5. The van der Waals surface area contributed by atoms with Crippen LogP contribution in [0.5, 0.6) is 0 Å². The fraction of sp³-hybridized carbons (Fsp3) is 0.423. The van der Waals surface area contributed by atoms with E-state index in [1.807, 2.05) is 48.5 Å². The van der Waals surface area contributed by atoms with Gasteiger partial charge in [-0.15, -0.1) is 0 Å². The number of carbonyl (C=O) groups is 3. The number of carboxylic acid groups (broad SMARTS) is 1. The van der Waals surface area contributed by atoms with Crippen LogP contribution in [0, 0.1) is 0 Å². The molecular weight excluding hydrogens is 436 g/mol. The van der Waals surface area contributed by atoms with E-state index in [9.17, 15) is 24.6 Å². The smallest absolute Gasteiger partial charge is 0.407 e. The van der Waals surface area contributed by atoms with E-state index < -0.39 is 36.5 Å². The van der Waals surface area contributed by atoms with Gasteiger partial charge in [0.1, 0.15) is 12.6 Å². The van der Waals surface area contributed by atoms with Crippen molar-refractivity contribution < 1.29 is 29.3 Å². The van der Waals surface area contributed by atoms with Gasteiger partial charge in [-0.1, -0.05) is 48.5 Å². The molecule has 2 aliphatic heterocycles. The van der Waals surface area contributed by atoms with E-state index >= 15 is 0 Å². The lowest BCUT2D eigenvalue weighted by Crippen LogP contribution is -2.56. The molecule has 178 valence electrons. The Morgan fingerprint density at radius 3 is 2.09 bits per heavy atom. The fourth-order valence-corrected chi connectivity index (χ4v) is 5.85. The van der Waals surface area contributed by atoms with Crippen LogP contribution in [0.4, 0.5) is 4.79 Å². The van der Waals surface area contributed by atoms with E-state index in [-0.39, 0.29) is 24.6 Å². The summed E-state index contributed by atoms with van der Waals surface area (Å²) >= 11 is 0. The van der Waals surface area contributed by atoms with E-state index in [1.54, 1.807) is 4.90 Å². The first-order chi connectivity index (χ1) is 16.4. The van der Waals surface area contributed by atoms with Gasteiger partial charge in [0.2, 0.25) is 5.91 Å². The van der Waals surface area contributed by atoms with Crippen molar-refractivity contribution in [3.05, 3.63) is 59.7 Å². The Bertz CT molecular complexity index is 1060. The second-order valence-electron chi connectivity index (χ2n) is 9.38. The standard InChI is InChI=1S/C26H28N2O6/c29-17-11-15-9-10-16(12-17)28(15)25(32)23(13-24(30)31)27-26(33)34-14-22-20-7-3-1-5-18(20)19-6-2-4-8-21(19)22/h1-8,15-17,22-23,29H,9-14H2,(H,27,33)(H,30,31). The first-order valence-corrected chi connectivity index (χ1v) is 11.8. The zero-order valence-corrected chi connectivity index (χ0v) is 18.7. The van der Waals surface area contributed by atoms with Crippen LogP contribution in [0.1, 0.15) is 49.1 Å². The van der Waals surface area contributed by atoms with Crippen LogP contribution in [0.15, 0.2) is 48.5 Å². The van der Waals surface area contributed by atoms with Crippen LogP contribution >= 0.6 is 0 Å². The maximum absolute atomic E-state index is 13.2. The molecule has 0 spiro atoms. The van der Waals surface area contributed by atoms with Crippen LogP contribution < -0.4 is 5.32 Å². The summed E-state index contributed by atoms with van der Waals surface area (Å²) in [4.78, 5) is 39.1. The number of carbonyl (C=O) groups excluding carboxylic acids is 2. The third-order valence-corrected chi connectivity index (χ3v) is 7.28. The molecule has 3 atom stereocenters. The van der Waals surface area contributed by atoms with Crippen molar-refractivity contribution in [2.75, 3.05) is 6.61 Å². The molecule has 2 fully saturated rings. The summed E-state index contributed by atoms with van der Waals surface area (Å²) in [6.45, 7) is 0.0784. The number of benzene rings is 2. The second kappa shape index (κ2) is 9.10. The molecule has 0 saturated carbocycles. The highest BCUT2D eigenvalue weighted by atomic mass is 16.5. The molecule has 8 heteroatoms. The van der Waals surface area contributed by atoms with E-state index in [1.165, 1.54) is 0 Å². The Hall–Kier alpha value is -3.39. The Balaban J connectivity index is 1.27. The maximum Gasteiger partial charge on any atom is 0.407 e. The molecule has 3 N–H and O–H groups in total. The minimum atomic E-state index is -1.22. The van der Waals surface area contributed by atoms with Gasteiger partial charge in [-0.25, -0.2) is 4.79 Å². The fourth-order valence-electron chi connectivity index (χ4n) is 5.85. The number of aliphatic hydroxyl groups is 1. The van der Waals surface area contributed by atoms with Crippen molar-refractivity contribution in [2.24, 2.45) is 0 Å². The van der Waals surface area contributed by atoms with Crippen LogP contribution in [0.2, 0.25) is 0 Å². The number of piperidine rings is 1. The van der Waals surface area contributed by atoms with Gasteiger partial charge >= 0.3 is 12.1 Å². The average Bonchev–Trinajstić information content (AvgIpc) is 3.28. The molecule has 2 saturated heterocycles. The number of ether oxygens (including phenoxy) is 1. The van der Waals surface area contributed by atoms with Crippen LogP contribution in [0.25, 0.3) is 11.1 Å². The zero-order chi connectivity index (χ0) is 23.8. The summed E-state index contributed by atoms with van der Waals surface area (Å²) in [5.74, 6) is -1.73. The number of aliphatic carboxylic acids is 1. The van der Waals surface area contributed by atoms with E-state index in [2.05, 4.69) is 5.32 Å². The molecule has 2 heterocycles. The maximum atomic E-state index is 13.2. The van der Waals surface area contributed by atoms with Crippen LogP contribution in [0.3, 0.4) is 0 Å². The molecule has 5 rings (SSSR count). The number of aliphatic hydroxyl groups excluding tert-OH is 1. The van der Waals surface area contributed by atoms with Gasteiger partial charge in [-0.2, -0.15) is 0 Å². The van der Waals surface area contributed by atoms with Crippen LogP contribution in [-0.4, -0.2) is 63.9 Å². The van der Waals surface area contributed by atoms with Crippen molar-refractivity contribution in [1.82, 2.24) is 10.2 Å². The quantitative estimate of drug-likeness (QED) is 0.605. The molecule has 34 heavy (non-hydrogen) atoms. The molecule has 3 aliphatic rings. The minimum absolute atomic E-state index is 0.0784. The highest BCUT2D eigenvalue weighted by Gasteiger charge is 2.45. The number of amides is 2. The van der Waals surface area contributed by atoms with E-state index in [0.717, 1.165) is 35.1 Å². The minimum Gasteiger partial charge on any atom is -0.481 e. The van der Waals surface area contributed by atoms with Gasteiger partial charge < -0.3 is 25.2 Å². The molecule has 8 nitrogen and oxygen atoms in total. The summed E-state index contributed by atoms with van der Waals surface area (Å²) in [6.07, 6.45) is 0.721. The molecule has 0 radical (unpaired) electrons. The lowest BCUT2D eigenvalue weighted by atomic mass is 9.98. The predicted octanol–water partition coefficient (Wildman–Crippen LogP) is 2.88. The SMILES string of the molecule is O=C(O)CC(NC(=O)OCC1c2ccccc2-c2ccccc21)C(=O)N1C2CCC1CC(O)C2. The Kier molecular flexibility index (Phi) is 6.00. The number of hydrogen-bond donors (Lipinski definition) is 3. The number of fused-ring (bicyclic) bond motifs is 5. The normalized spacial score (nSPS) is 23.7. The largest absolute Gasteiger partial charge is 0.481 e. The summed E-state index contributed by atoms with van der Waals surface area (Å²) in [5, 5.41) is 21.9. The lowest BCUT2D eigenvalue weighted by Gasteiger charge is -2.39. The Morgan fingerprint density at radius 2 is 1.53 bits per heavy atom. The number of nitrogens with zero attached hydrogens (tertiary/aromatic N) is 1. The van der Waals surface area contributed by atoms with Gasteiger partial charge in [0, 0.05) is 18.0 Å². The predicted molar refractivity (Wildman–Crippen MR) is 123 cm³/mol. The topological polar surface area (TPSA) is 116 Å². The van der Waals surface area contributed by atoms with Crippen molar-refractivity contribution in [2.45, 2.75) is 62.3 Å². The number of nitrogens with one attached hydrogen (secondary N) is 1. The summed E-state index contributed by atoms with van der Waals surface area (Å²) in [7, 11) is 0. The third-order valence-electron chi connectivity index (χ3n) is 7.28. The van der Waals surface area contributed by atoms with Gasteiger partial charge in [-0.3, -0.25) is 9.59 Å². The molecule has 0 aromatic heterocycles. The van der Waals surface area contributed by atoms with Gasteiger partial charge in [-0.05, 0) is 47.9 Å². The van der Waals surface area contributed by atoms with E-state index in [4.69, 9.17) is 4.74 Å². The average molecular weight is 465 g/mol. The molecule has 1 aliphatic carbocycles. The summed E-state index contributed by atoms with van der Waals surface area (Å²) in [6, 6.07) is 14.5. The molecule has 2 aromatic rings. The van der Waals surface area contributed by atoms with Crippen LogP contribution in [-0.2, 0) is 14.3 Å². The Labute approximate surface area is 197 Å². The molecular formula is C26H28N2O6. The number of rotatable bonds is 6. The van der Waals surface area contributed by atoms with Gasteiger partial charge in [0.05, 0.1) is 12.5 Å². The number of alkyl carbamates (subject to hydrolysis) is 1.